The van der Waals surface area contributed by atoms with Crippen LogP contribution in [0.1, 0.15) is 202 Å². The lowest BCUT2D eigenvalue weighted by Gasteiger charge is -2.35. The molecule has 0 saturated carbocycles. The fourth-order valence-corrected chi connectivity index (χ4v) is 17.8. The van der Waals surface area contributed by atoms with E-state index in [1.54, 1.807) is 116 Å². The Kier molecular flexibility index (Phi) is 52.3. The van der Waals surface area contributed by atoms with Gasteiger partial charge in [-0.05, 0) is 161 Å². The fraction of sp³-hybridized carbons (Fsp3) is 0.614. The Hall–Kier alpha value is -13.5. The molecule has 6 rings (SSSR count). The number of nitrogens with one attached hydrogen (secondary N) is 15. The van der Waals surface area contributed by atoms with Crippen LogP contribution < -0.4 is 103 Å². The summed E-state index contributed by atoms with van der Waals surface area (Å²) in [4.78, 5) is 300. The lowest BCUT2D eigenvalue weighted by atomic mass is 9.96. The van der Waals surface area contributed by atoms with Crippen LogP contribution in [0.5, 0.6) is 5.75 Å². The minimum absolute atomic E-state index is 0.00703. The van der Waals surface area contributed by atoms with Crippen molar-refractivity contribution in [2.24, 2.45) is 52.5 Å². The number of aliphatic hydroxyl groups excluding tert-OH is 1. The largest absolute Gasteiger partial charge is 0.508 e. The molecule has 27 N–H and O–H groups in total. The van der Waals surface area contributed by atoms with Gasteiger partial charge in [0.25, 0.3) is 0 Å². The number of carboxylic acids is 2. The molecule has 3 aliphatic heterocycles. The number of hydrogen-bond donors (Lipinski definition) is 24. The molecule has 3 heterocycles. The summed E-state index contributed by atoms with van der Waals surface area (Å²) < 4.78 is 0. The number of hydrogen-bond acceptors (Lipinski definition) is 27. The fourth-order valence-electron chi connectivity index (χ4n) is 17.6. The van der Waals surface area contributed by atoms with E-state index in [0.29, 0.717) is 48.8 Å². The summed E-state index contributed by atoms with van der Waals surface area (Å²) in [6, 6.07) is -2.40. The molecule has 0 unspecified atom stereocenters. The average Bonchev–Trinajstić information content (AvgIpc) is 1.65. The molecule has 0 bridgehead atoms. The maximum Gasteiger partial charge on any atom is 0.326 e. The number of likely N-dealkylation sites (tertiary alicyclic amines) is 3. The van der Waals surface area contributed by atoms with Crippen molar-refractivity contribution < 1.29 is 121 Å². The van der Waals surface area contributed by atoms with E-state index in [4.69, 9.17) is 22.9 Å². The summed E-state index contributed by atoms with van der Waals surface area (Å²) in [7, 11) is 0. The number of carboxylic acid groups (broad SMARTS) is 2. The second-order valence-corrected chi connectivity index (χ2v) is 39.5. The van der Waals surface area contributed by atoms with Crippen molar-refractivity contribution in [1.82, 2.24) is 94.5 Å². The zero-order chi connectivity index (χ0) is 111. The SMILES string of the molecule is CC[C@H](C)[C@H](NC(=O)[C@H](CC(C)C)NC(=O)[C@H](Cc1ccc(O)cc1)NC(=O)[C@@H](NC(=O)[C@H](Cc1ccccc1)NC(=O)[C@@H]1CCCN1C(=O)[C@H](CCCCN)NC(=O)[C@H](CC(N)=O)NC(=O)[C@H](Cc1ccccc1)NC(=O)[C@H](CCCCN)NC(=O)[C@@H](NC(=O)[C@H](CCC(=O)O)NC(=O)[C@@H]1CCCN1C(=O)[C@@H]1CCCN1C(=O)[C@@H](NC(=O)[C@H](CO)NC(=O)[C@H](CS)NC(=O)CNC(=O)CN)[C@@H](C)CC)C(C)C)C(C)C)C(=O)O. The second kappa shape index (κ2) is 62.7. The van der Waals surface area contributed by atoms with Crippen LogP contribution in [-0.4, -0.2) is 320 Å². The molecule has 3 aromatic rings. The van der Waals surface area contributed by atoms with E-state index in [-0.39, 0.29) is 134 Å². The summed E-state index contributed by atoms with van der Waals surface area (Å²) in [6.07, 6.45) is -0.323. The van der Waals surface area contributed by atoms with Gasteiger partial charge in [-0.3, -0.25) is 95.9 Å². The van der Waals surface area contributed by atoms with Gasteiger partial charge in [0, 0.05) is 51.1 Å². The first-order chi connectivity index (χ1) is 70.7. The van der Waals surface area contributed by atoms with E-state index in [1.807, 2.05) is 0 Å². The number of carbonyl (C=O) groups excluding carboxylic acids is 19. The molecule has 3 aliphatic rings. The molecular formula is C101H154N22O25S. The number of nitrogens with zero attached hydrogens (tertiary/aromatic N) is 3. The summed E-state index contributed by atoms with van der Waals surface area (Å²) in [5.41, 5.74) is 24.4. The van der Waals surface area contributed by atoms with Crippen LogP contribution in [0.4, 0.5) is 0 Å². The van der Waals surface area contributed by atoms with Gasteiger partial charge in [-0.1, -0.05) is 155 Å². The molecule has 3 aromatic carbocycles. The predicted octanol–water partition coefficient (Wildman–Crippen LogP) is -3.29. The Labute approximate surface area is 872 Å². The minimum atomic E-state index is -1.88. The van der Waals surface area contributed by atoms with E-state index in [0.717, 1.165) is 0 Å². The molecule has 3 fully saturated rings. The van der Waals surface area contributed by atoms with Crippen LogP contribution in [0.2, 0.25) is 0 Å². The number of rotatable bonds is 63. The number of aliphatic hydroxyl groups is 1. The Morgan fingerprint density at radius 2 is 0.779 bits per heavy atom. The van der Waals surface area contributed by atoms with Crippen molar-refractivity contribution in [2.75, 3.05) is 58.2 Å². The normalized spacial score (nSPS) is 17.6. The van der Waals surface area contributed by atoms with Crippen LogP contribution >= 0.6 is 12.6 Å². The molecule has 0 aromatic heterocycles. The highest BCUT2D eigenvalue weighted by Crippen LogP contribution is 2.29. The molecule has 149 heavy (non-hydrogen) atoms. The average molecular weight is 2110 g/mol. The van der Waals surface area contributed by atoms with Crippen LogP contribution in [0.25, 0.3) is 0 Å². The number of benzene rings is 3. The van der Waals surface area contributed by atoms with Gasteiger partial charge in [-0.25, -0.2) is 4.79 Å². The van der Waals surface area contributed by atoms with Crippen molar-refractivity contribution in [2.45, 2.75) is 307 Å². The molecule has 0 radical (unpaired) electrons. The van der Waals surface area contributed by atoms with Crippen LogP contribution in [0.15, 0.2) is 84.9 Å². The molecule has 824 valence electrons. The maximum atomic E-state index is 15.3. The van der Waals surface area contributed by atoms with E-state index < -0.39 is 290 Å². The van der Waals surface area contributed by atoms with Crippen molar-refractivity contribution in [3.63, 3.8) is 0 Å². The van der Waals surface area contributed by atoms with E-state index in [9.17, 15) is 97.1 Å². The predicted molar refractivity (Wildman–Crippen MR) is 549 cm³/mol. The number of carbonyl (C=O) groups is 21. The molecule has 3 saturated heterocycles. The van der Waals surface area contributed by atoms with Gasteiger partial charge in [0.2, 0.25) is 112 Å². The van der Waals surface area contributed by atoms with Crippen LogP contribution in [-0.2, 0) is 120 Å². The Morgan fingerprint density at radius 1 is 0.396 bits per heavy atom. The summed E-state index contributed by atoms with van der Waals surface area (Å²) >= 11 is 4.12. The summed E-state index contributed by atoms with van der Waals surface area (Å²) in [5, 5.41) is 79.4. The second-order valence-electron chi connectivity index (χ2n) is 39.2. The number of thiol groups is 1. The van der Waals surface area contributed by atoms with Gasteiger partial charge >= 0.3 is 11.9 Å². The number of unbranched alkanes of at least 4 members (excludes halogenated alkanes) is 2. The van der Waals surface area contributed by atoms with E-state index >= 15 is 24.0 Å². The first-order valence-corrected chi connectivity index (χ1v) is 51.7. The van der Waals surface area contributed by atoms with Gasteiger partial charge < -0.3 is 138 Å². The van der Waals surface area contributed by atoms with Crippen molar-refractivity contribution >= 4 is 137 Å². The Morgan fingerprint density at radius 3 is 1.26 bits per heavy atom. The molecular weight excluding hydrogens is 1950 g/mol. The smallest absolute Gasteiger partial charge is 0.326 e. The monoisotopic (exact) mass is 2110 g/mol. The Bertz CT molecular complexity index is 5050. The van der Waals surface area contributed by atoms with E-state index in [2.05, 4.69) is 92.4 Å². The number of phenols is 1. The topological polar surface area (TPSA) is 734 Å². The number of primary amides is 1. The standard InChI is InChI=1S/C101H154N22O25S/c1-11-58(9)83(119-92(138)72(53-124)116-93(139)73(54-149)107-79(128)52-106-78(127)51-104)100(146)123-45-25-34-76(123)99(145)122-44-24-33-75(122)94(140)108-65(39-40-80(129)130)86(132)117-81(56(5)6)96(142)109-64(30-19-21-41-102)85(131)112-68(47-60-26-15-13-16-27-60)87(133)113-71(50-77(105)126)89(135)110-66(31-20-22-42-103)98(144)121-43-23-32-74(121)95(141)114-70(48-61-28-17-14-18-29-61)91(137)118-82(57(7)8)97(143)115-69(49-62-35-37-63(125)38-36-62)88(134)111-67(46-55(3)4)90(136)120-84(101(147)148)59(10)12-2/h13-18,26-29,35-38,55-59,64-76,81-84,124-125,149H,11-12,19-25,30-34,39-54,102-104H2,1-10H3,(H2,105,126)(H,106,127)(H,107,128)(H,108,140)(H,109,142)(H,110,135)(H,111,134)(H,112,131)(H,113,133)(H,114,141)(H,115,143)(H,116,139)(H,117,132)(H,118,137)(H,119,138)(H,120,136)(H,129,130)(H,147,148)/t58-,59-,64-,65-,66-,67-,68-,69-,70-,71-,72-,73-,74-,75-,76-,81-,82-,83-,84-/m0/s1. The minimum Gasteiger partial charge on any atom is -0.508 e. The molecule has 48 heteroatoms. The quantitative estimate of drug-likeness (QED) is 0.0195. The number of aromatic hydroxyl groups is 1. The van der Waals surface area contributed by atoms with Gasteiger partial charge in [0.1, 0.15) is 108 Å². The molecule has 0 spiro atoms. The van der Waals surface area contributed by atoms with Gasteiger partial charge in [-0.15, -0.1) is 0 Å². The summed E-state index contributed by atoms with van der Waals surface area (Å²) in [6.45, 7) is 15.0. The number of phenolic OH excluding ortho intramolecular Hbond substituents is 1. The van der Waals surface area contributed by atoms with Crippen molar-refractivity contribution in [1.29, 1.82) is 0 Å². The Balaban J connectivity index is 1.20. The van der Waals surface area contributed by atoms with Crippen LogP contribution in [0, 0.1) is 29.6 Å². The number of nitrogens with two attached hydrogens (primary N) is 4. The molecule has 19 amide bonds. The number of amides is 19. The first-order valence-electron chi connectivity index (χ1n) is 51.1. The van der Waals surface area contributed by atoms with Gasteiger partial charge in [0.15, 0.2) is 0 Å². The molecule has 47 nitrogen and oxygen atoms in total. The first kappa shape index (κ1) is 124. The maximum absolute atomic E-state index is 15.3. The number of aliphatic carboxylic acids is 2. The highest BCUT2D eigenvalue weighted by molar-refractivity contribution is 7.80. The van der Waals surface area contributed by atoms with Gasteiger partial charge in [0.05, 0.1) is 26.1 Å². The van der Waals surface area contributed by atoms with E-state index in [1.165, 1.54) is 52.8 Å². The highest BCUT2D eigenvalue weighted by atomic mass is 32.1. The van der Waals surface area contributed by atoms with Crippen LogP contribution in [0.3, 0.4) is 0 Å². The molecule has 19 atom stereocenters. The summed E-state index contributed by atoms with van der Waals surface area (Å²) in [5.74, 6) is -22.8. The third-order valence-electron chi connectivity index (χ3n) is 26.5. The third-order valence-corrected chi connectivity index (χ3v) is 26.8. The van der Waals surface area contributed by atoms with Crippen molar-refractivity contribution in [3.8, 4) is 5.75 Å². The lowest BCUT2D eigenvalue weighted by Crippen LogP contribution is -2.62. The van der Waals surface area contributed by atoms with Gasteiger partial charge in [-0.2, -0.15) is 12.6 Å². The zero-order valence-electron chi connectivity index (χ0n) is 86.5. The van der Waals surface area contributed by atoms with Crippen molar-refractivity contribution in [3.05, 3.63) is 102 Å². The zero-order valence-corrected chi connectivity index (χ0v) is 87.4. The lowest BCUT2D eigenvalue weighted by molar-refractivity contribution is -0.149. The third kappa shape index (κ3) is 39.5. The molecule has 0 aliphatic carbocycles. The highest BCUT2D eigenvalue weighted by Gasteiger charge is 2.48.